The number of benzene rings is 1. The Morgan fingerprint density at radius 3 is 2.58 bits per heavy atom. The number of aromatic nitrogens is 2. The first-order chi connectivity index (χ1) is 18.0. The lowest BCUT2D eigenvalue weighted by atomic mass is 9.96. The Morgan fingerprint density at radius 2 is 1.95 bits per heavy atom. The fourth-order valence-corrected chi connectivity index (χ4v) is 5.93. The van der Waals surface area contributed by atoms with Gasteiger partial charge in [-0.3, -0.25) is 10.1 Å². The summed E-state index contributed by atoms with van der Waals surface area (Å²) in [5, 5.41) is 5.52. The van der Waals surface area contributed by atoms with Crippen molar-refractivity contribution in [3.05, 3.63) is 62.8 Å². The van der Waals surface area contributed by atoms with E-state index in [-0.39, 0.29) is 17.8 Å². The number of hydrogen-bond donors (Lipinski definition) is 3. The molecule has 1 saturated heterocycles. The molecule has 1 unspecified atom stereocenters. The number of amides is 3. The number of nitrogens with two attached hydrogens (primary N) is 1. The third-order valence-corrected chi connectivity index (χ3v) is 8.54. The SMILES string of the molecule is CC(C)C(N)Cc1cc(-c2nc(NCCN3C(=O)NC(=O)C3(C)C)ncc2Br)sc1Cc1ccc(F)cc1. The lowest BCUT2D eigenvalue weighted by molar-refractivity contribution is -0.125. The molecule has 3 aromatic rings. The number of anilines is 1. The summed E-state index contributed by atoms with van der Waals surface area (Å²) in [7, 11) is 0. The largest absolute Gasteiger partial charge is 0.352 e. The maximum Gasteiger partial charge on any atom is 0.325 e. The smallest absolute Gasteiger partial charge is 0.325 e. The van der Waals surface area contributed by atoms with E-state index >= 15 is 0 Å². The first-order valence-electron chi connectivity index (χ1n) is 12.5. The van der Waals surface area contributed by atoms with Crippen molar-refractivity contribution in [2.75, 3.05) is 18.4 Å². The van der Waals surface area contributed by atoms with Gasteiger partial charge in [-0.25, -0.2) is 19.2 Å². The van der Waals surface area contributed by atoms with Crippen LogP contribution in [0.15, 0.2) is 41.0 Å². The zero-order chi connectivity index (χ0) is 27.6. The Bertz CT molecular complexity index is 1330. The quantitative estimate of drug-likeness (QED) is 0.282. The standard InChI is InChI=1S/C27H32BrFN6O2S/c1-15(2)20(30)12-17-13-22(38-21(17)11-16-5-7-18(29)8-6-16)23-19(28)14-32-25(33-23)31-9-10-35-26(37)34-24(36)27(35,3)4/h5-8,13-15,20H,9-12,30H2,1-4H3,(H,31,32,33)(H,34,36,37). The molecule has 3 amide bonds. The van der Waals surface area contributed by atoms with Crippen molar-refractivity contribution >= 4 is 45.2 Å². The van der Waals surface area contributed by atoms with Crippen LogP contribution in [0.25, 0.3) is 10.6 Å². The number of thiophene rings is 1. The first-order valence-corrected chi connectivity index (χ1v) is 14.1. The highest BCUT2D eigenvalue weighted by molar-refractivity contribution is 9.10. The molecular weight excluding hydrogens is 571 g/mol. The molecule has 0 spiro atoms. The van der Waals surface area contributed by atoms with Crippen molar-refractivity contribution in [2.24, 2.45) is 11.7 Å². The predicted octanol–water partition coefficient (Wildman–Crippen LogP) is 4.97. The maximum absolute atomic E-state index is 13.4. The summed E-state index contributed by atoms with van der Waals surface area (Å²) < 4.78 is 14.2. The van der Waals surface area contributed by atoms with Crippen molar-refractivity contribution in [2.45, 2.75) is 52.1 Å². The fourth-order valence-electron chi connectivity index (χ4n) is 4.16. The molecule has 0 bridgehead atoms. The van der Waals surface area contributed by atoms with Crippen molar-refractivity contribution in [1.82, 2.24) is 20.2 Å². The van der Waals surface area contributed by atoms with E-state index in [1.165, 1.54) is 17.0 Å². The molecule has 1 fully saturated rings. The van der Waals surface area contributed by atoms with Gasteiger partial charge in [-0.2, -0.15) is 0 Å². The number of rotatable bonds is 10. The van der Waals surface area contributed by atoms with Crippen LogP contribution in [0.1, 0.15) is 43.7 Å². The molecule has 202 valence electrons. The van der Waals surface area contributed by atoms with Crippen LogP contribution in [0.2, 0.25) is 0 Å². The number of halogens is 2. The fraction of sp³-hybridized carbons (Fsp3) is 0.407. The molecule has 1 aliphatic heterocycles. The van der Waals surface area contributed by atoms with Crippen molar-refractivity contribution in [3.8, 4) is 10.6 Å². The van der Waals surface area contributed by atoms with Gasteiger partial charge in [0.15, 0.2) is 0 Å². The van der Waals surface area contributed by atoms with E-state index < -0.39 is 11.6 Å². The van der Waals surface area contributed by atoms with Crippen molar-refractivity contribution < 1.29 is 14.0 Å². The van der Waals surface area contributed by atoms with E-state index in [0.29, 0.717) is 31.4 Å². The van der Waals surface area contributed by atoms with Crippen molar-refractivity contribution in [3.63, 3.8) is 0 Å². The molecule has 3 heterocycles. The Labute approximate surface area is 234 Å². The Hall–Kier alpha value is -2.89. The van der Waals surface area contributed by atoms with Gasteiger partial charge >= 0.3 is 6.03 Å². The van der Waals surface area contributed by atoms with E-state index in [1.807, 2.05) is 0 Å². The van der Waals surface area contributed by atoms with E-state index in [2.05, 4.69) is 51.5 Å². The highest BCUT2D eigenvalue weighted by Gasteiger charge is 2.45. The molecule has 8 nitrogen and oxygen atoms in total. The van der Waals surface area contributed by atoms with Crippen LogP contribution < -0.4 is 16.4 Å². The summed E-state index contributed by atoms with van der Waals surface area (Å²) in [6.07, 6.45) is 3.09. The van der Waals surface area contributed by atoms with Crippen LogP contribution in [0.4, 0.5) is 15.1 Å². The van der Waals surface area contributed by atoms with E-state index in [0.717, 1.165) is 37.5 Å². The average molecular weight is 604 g/mol. The predicted molar refractivity (Wildman–Crippen MR) is 152 cm³/mol. The van der Waals surface area contributed by atoms with Gasteiger partial charge < -0.3 is 16.0 Å². The molecule has 11 heteroatoms. The minimum atomic E-state index is -0.907. The number of imide groups is 1. The Balaban J connectivity index is 1.55. The third kappa shape index (κ3) is 6.22. The minimum absolute atomic E-state index is 0.00871. The van der Waals surface area contributed by atoms with Crippen LogP contribution >= 0.6 is 27.3 Å². The highest BCUT2D eigenvalue weighted by atomic mass is 79.9. The second-order valence-corrected chi connectivity index (χ2v) is 12.3. The molecule has 1 atom stereocenters. The van der Waals surface area contributed by atoms with Crippen LogP contribution in [-0.2, 0) is 17.6 Å². The van der Waals surface area contributed by atoms with Crippen LogP contribution in [0, 0.1) is 11.7 Å². The van der Waals surface area contributed by atoms with Gasteiger partial charge in [-0.15, -0.1) is 11.3 Å². The van der Waals surface area contributed by atoms with Crippen LogP contribution in [0.3, 0.4) is 0 Å². The van der Waals surface area contributed by atoms with Crippen LogP contribution in [-0.4, -0.2) is 51.5 Å². The van der Waals surface area contributed by atoms with Crippen molar-refractivity contribution in [1.29, 1.82) is 0 Å². The van der Waals surface area contributed by atoms with Crippen LogP contribution in [0.5, 0.6) is 0 Å². The molecule has 0 aliphatic carbocycles. The molecule has 2 aromatic heterocycles. The van der Waals surface area contributed by atoms with Gasteiger partial charge in [-0.05, 0) is 71.4 Å². The summed E-state index contributed by atoms with van der Waals surface area (Å²) >= 11 is 5.23. The summed E-state index contributed by atoms with van der Waals surface area (Å²) in [4.78, 5) is 36.9. The molecule has 4 rings (SSSR count). The summed E-state index contributed by atoms with van der Waals surface area (Å²) in [5.41, 5.74) is 8.45. The van der Waals surface area contributed by atoms with Gasteiger partial charge in [0.05, 0.1) is 15.0 Å². The first kappa shape index (κ1) is 28.1. The van der Waals surface area contributed by atoms with Gasteiger partial charge in [0.2, 0.25) is 5.95 Å². The second kappa shape index (κ2) is 11.5. The number of hydrogen-bond acceptors (Lipinski definition) is 7. The molecule has 1 aliphatic rings. The maximum atomic E-state index is 13.4. The molecule has 38 heavy (non-hydrogen) atoms. The summed E-state index contributed by atoms with van der Waals surface area (Å²) in [6, 6.07) is 8.30. The van der Waals surface area contributed by atoms with Gasteiger partial charge in [-0.1, -0.05) is 26.0 Å². The number of carbonyl (C=O) groups is 2. The number of nitrogens with zero attached hydrogens (tertiary/aromatic N) is 3. The van der Waals surface area contributed by atoms with Gasteiger partial charge in [0.25, 0.3) is 5.91 Å². The second-order valence-electron chi connectivity index (χ2n) is 10.3. The van der Waals surface area contributed by atoms with E-state index in [9.17, 15) is 14.0 Å². The molecule has 1 aromatic carbocycles. The zero-order valence-electron chi connectivity index (χ0n) is 21.8. The minimum Gasteiger partial charge on any atom is -0.352 e. The number of carbonyl (C=O) groups excluding carboxylic acids is 2. The molecular formula is C27H32BrFN6O2S. The average Bonchev–Trinajstić information content (AvgIpc) is 3.33. The Morgan fingerprint density at radius 1 is 1.24 bits per heavy atom. The Kier molecular flexibility index (Phi) is 8.49. The highest BCUT2D eigenvalue weighted by Crippen LogP contribution is 2.37. The lowest BCUT2D eigenvalue weighted by Crippen LogP contribution is -2.46. The molecule has 0 saturated carbocycles. The normalized spacial score (nSPS) is 15.7. The summed E-state index contributed by atoms with van der Waals surface area (Å²) in [5.74, 6) is 0.178. The monoisotopic (exact) mass is 602 g/mol. The summed E-state index contributed by atoms with van der Waals surface area (Å²) in [6.45, 7) is 8.34. The number of urea groups is 1. The van der Waals surface area contributed by atoms with Gasteiger partial charge in [0, 0.05) is 36.6 Å². The van der Waals surface area contributed by atoms with Gasteiger partial charge in [0.1, 0.15) is 11.4 Å². The third-order valence-electron chi connectivity index (χ3n) is 6.78. The number of nitrogens with one attached hydrogen (secondary N) is 2. The topological polar surface area (TPSA) is 113 Å². The molecule has 4 N–H and O–H groups in total. The zero-order valence-corrected chi connectivity index (χ0v) is 24.2. The molecule has 0 radical (unpaired) electrons. The van der Waals surface area contributed by atoms with E-state index in [4.69, 9.17) is 10.7 Å². The lowest BCUT2D eigenvalue weighted by Gasteiger charge is -2.27. The van der Waals surface area contributed by atoms with E-state index in [1.54, 1.807) is 43.5 Å².